The molecule has 1 aliphatic heterocycles. The fraction of sp³-hybridized carbons (Fsp3) is 0.227. The van der Waals surface area contributed by atoms with Crippen LogP contribution in [0.5, 0.6) is 11.5 Å². The lowest BCUT2D eigenvalue weighted by Crippen LogP contribution is -2.30. The van der Waals surface area contributed by atoms with Crippen LogP contribution in [0.1, 0.15) is 23.0 Å². The molecule has 0 saturated carbocycles. The molecule has 154 valence electrons. The van der Waals surface area contributed by atoms with Gasteiger partial charge in [-0.25, -0.2) is 4.79 Å². The van der Waals surface area contributed by atoms with Crippen LogP contribution in [0.25, 0.3) is 11.0 Å². The molecule has 8 heteroatoms. The van der Waals surface area contributed by atoms with Crippen molar-refractivity contribution >= 4 is 28.5 Å². The van der Waals surface area contributed by atoms with E-state index in [-0.39, 0.29) is 16.8 Å². The largest absolute Gasteiger partial charge is 0.486 e. The number of fused-ring (bicyclic) bond motifs is 2. The number of ether oxygens (including phenoxy) is 3. The van der Waals surface area contributed by atoms with E-state index in [1.165, 1.54) is 6.92 Å². The molecule has 0 spiro atoms. The van der Waals surface area contributed by atoms with Gasteiger partial charge in [0.05, 0.1) is 5.39 Å². The molecule has 0 unspecified atom stereocenters. The Morgan fingerprint density at radius 3 is 2.60 bits per heavy atom. The Labute approximate surface area is 171 Å². The summed E-state index contributed by atoms with van der Waals surface area (Å²) in [5, 5.41) is 3.02. The van der Waals surface area contributed by atoms with E-state index in [1.54, 1.807) is 36.4 Å². The fourth-order valence-electron chi connectivity index (χ4n) is 3.01. The van der Waals surface area contributed by atoms with Crippen molar-refractivity contribution in [2.45, 2.75) is 20.0 Å². The van der Waals surface area contributed by atoms with E-state index in [4.69, 9.17) is 18.6 Å². The molecule has 0 saturated heterocycles. The van der Waals surface area contributed by atoms with Gasteiger partial charge >= 0.3 is 5.97 Å². The van der Waals surface area contributed by atoms with E-state index in [9.17, 15) is 14.4 Å². The van der Waals surface area contributed by atoms with Gasteiger partial charge in [0.25, 0.3) is 5.91 Å². The van der Waals surface area contributed by atoms with Crippen LogP contribution in [0.15, 0.2) is 51.7 Å². The summed E-state index contributed by atoms with van der Waals surface area (Å²) in [5.41, 5.74) is 1.28. The maximum Gasteiger partial charge on any atom is 0.375 e. The number of rotatable bonds is 4. The van der Waals surface area contributed by atoms with Gasteiger partial charge in [0, 0.05) is 17.8 Å². The van der Waals surface area contributed by atoms with Gasteiger partial charge in [0.15, 0.2) is 23.0 Å². The SMILES string of the molecule is Cc1ccc2oc(C(=O)O[C@@H](C)C(=O)Nc3ccc4c(c3)OCCO4)cc(=O)c2c1. The molecule has 0 radical (unpaired) electrons. The van der Waals surface area contributed by atoms with E-state index in [0.717, 1.165) is 11.6 Å². The maximum atomic E-state index is 12.4. The first kappa shape index (κ1) is 19.5. The number of hydrogen-bond acceptors (Lipinski definition) is 7. The molecule has 0 fully saturated rings. The fourth-order valence-corrected chi connectivity index (χ4v) is 3.01. The zero-order valence-corrected chi connectivity index (χ0v) is 16.4. The molecule has 1 amide bonds. The summed E-state index contributed by atoms with van der Waals surface area (Å²) in [5.74, 6) is -0.592. The molecule has 2 aromatic carbocycles. The number of anilines is 1. The van der Waals surface area contributed by atoms with Crippen molar-refractivity contribution in [3.05, 3.63) is 64.0 Å². The number of aryl methyl sites for hydroxylation is 1. The molecule has 0 bridgehead atoms. The lowest BCUT2D eigenvalue weighted by atomic mass is 10.1. The highest BCUT2D eigenvalue weighted by Gasteiger charge is 2.22. The van der Waals surface area contributed by atoms with Gasteiger partial charge in [-0.2, -0.15) is 0 Å². The quantitative estimate of drug-likeness (QED) is 0.661. The summed E-state index contributed by atoms with van der Waals surface area (Å²) in [6, 6.07) is 11.1. The smallest absolute Gasteiger partial charge is 0.375 e. The number of hydrogen-bond donors (Lipinski definition) is 1. The van der Waals surface area contributed by atoms with E-state index in [0.29, 0.717) is 35.8 Å². The highest BCUT2D eigenvalue weighted by atomic mass is 16.6. The van der Waals surface area contributed by atoms with Crippen LogP contribution in [0.4, 0.5) is 5.69 Å². The topological polar surface area (TPSA) is 104 Å². The molecule has 8 nitrogen and oxygen atoms in total. The Morgan fingerprint density at radius 1 is 1.03 bits per heavy atom. The number of benzene rings is 2. The standard InChI is InChI=1S/C22H19NO7/c1-12-3-5-17-15(9-12)16(24)11-20(30-17)22(26)29-13(2)21(25)23-14-4-6-18-19(10-14)28-8-7-27-18/h3-6,9-11,13H,7-8H2,1-2H3,(H,23,25)/t13-/m0/s1. The van der Waals surface area contributed by atoms with Crippen LogP contribution in [0.2, 0.25) is 0 Å². The van der Waals surface area contributed by atoms with E-state index in [1.807, 2.05) is 6.92 Å². The second-order valence-corrected chi connectivity index (χ2v) is 6.87. The van der Waals surface area contributed by atoms with Gasteiger partial charge in [-0.15, -0.1) is 0 Å². The van der Waals surface area contributed by atoms with E-state index >= 15 is 0 Å². The predicted molar refractivity (Wildman–Crippen MR) is 108 cm³/mol. The van der Waals surface area contributed by atoms with Gasteiger partial charge in [-0.3, -0.25) is 9.59 Å². The summed E-state index contributed by atoms with van der Waals surface area (Å²) in [6.07, 6.45) is -1.12. The van der Waals surface area contributed by atoms with Crippen LogP contribution < -0.4 is 20.2 Å². The minimum Gasteiger partial charge on any atom is -0.486 e. The number of nitrogens with one attached hydrogen (secondary N) is 1. The summed E-state index contributed by atoms with van der Waals surface area (Å²) in [4.78, 5) is 37.1. The molecule has 1 aromatic heterocycles. The second kappa shape index (κ2) is 7.90. The third kappa shape index (κ3) is 3.98. The van der Waals surface area contributed by atoms with Crippen molar-refractivity contribution in [3.63, 3.8) is 0 Å². The van der Waals surface area contributed by atoms with Gasteiger partial charge in [-0.1, -0.05) is 11.6 Å². The molecule has 0 aliphatic carbocycles. The highest BCUT2D eigenvalue weighted by molar-refractivity contribution is 5.97. The van der Waals surface area contributed by atoms with Crippen LogP contribution in [0, 0.1) is 6.92 Å². The first-order valence-corrected chi connectivity index (χ1v) is 9.37. The molecule has 1 N–H and O–H groups in total. The number of esters is 1. The zero-order chi connectivity index (χ0) is 21.3. The van der Waals surface area contributed by atoms with Crippen LogP contribution >= 0.6 is 0 Å². The minimum atomic E-state index is -1.12. The Kier molecular flexibility index (Phi) is 5.14. The summed E-state index contributed by atoms with van der Waals surface area (Å²) in [7, 11) is 0. The Balaban J connectivity index is 1.45. The lowest BCUT2D eigenvalue weighted by Gasteiger charge is -2.19. The van der Waals surface area contributed by atoms with Gasteiger partial charge in [0.2, 0.25) is 5.76 Å². The molecular formula is C22H19NO7. The van der Waals surface area contributed by atoms with Crippen molar-refractivity contribution in [2.75, 3.05) is 18.5 Å². The minimum absolute atomic E-state index is 0.268. The van der Waals surface area contributed by atoms with Gasteiger partial charge in [0.1, 0.15) is 18.8 Å². The van der Waals surface area contributed by atoms with E-state index in [2.05, 4.69) is 5.32 Å². The zero-order valence-electron chi connectivity index (χ0n) is 16.4. The van der Waals surface area contributed by atoms with Gasteiger partial charge < -0.3 is 23.9 Å². The van der Waals surface area contributed by atoms with Crippen molar-refractivity contribution in [2.24, 2.45) is 0 Å². The summed E-state index contributed by atoms with van der Waals surface area (Å²) < 4.78 is 21.6. The Bertz CT molecular complexity index is 1200. The van der Waals surface area contributed by atoms with E-state index < -0.39 is 18.0 Å². The van der Waals surface area contributed by atoms with Crippen LogP contribution in [0.3, 0.4) is 0 Å². The molecule has 3 aromatic rings. The summed E-state index contributed by atoms with van der Waals surface area (Å²) >= 11 is 0. The van der Waals surface area contributed by atoms with Crippen molar-refractivity contribution < 1.29 is 28.2 Å². The van der Waals surface area contributed by atoms with Gasteiger partial charge in [-0.05, 0) is 38.1 Å². The normalized spacial score (nSPS) is 13.5. The first-order valence-electron chi connectivity index (χ1n) is 9.37. The molecule has 2 heterocycles. The average Bonchev–Trinajstić information content (AvgIpc) is 2.74. The number of amides is 1. The highest BCUT2D eigenvalue weighted by Crippen LogP contribution is 2.32. The number of carbonyl (C=O) groups is 2. The molecule has 1 aliphatic rings. The summed E-state index contributed by atoms with van der Waals surface area (Å²) in [6.45, 7) is 4.17. The maximum absolute atomic E-state index is 12.4. The third-order valence-corrected chi connectivity index (χ3v) is 4.55. The monoisotopic (exact) mass is 409 g/mol. The van der Waals surface area contributed by atoms with Crippen LogP contribution in [-0.4, -0.2) is 31.2 Å². The third-order valence-electron chi connectivity index (χ3n) is 4.55. The van der Waals surface area contributed by atoms with Crippen LogP contribution in [-0.2, 0) is 9.53 Å². The lowest BCUT2D eigenvalue weighted by molar-refractivity contribution is -0.123. The second-order valence-electron chi connectivity index (χ2n) is 6.87. The Hall–Kier alpha value is -3.81. The van der Waals surface area contributed by atoms with Crippen molar-refractivity contribution in [3.8, 4) is 11.5 Å². The van der Waals surface area contributed by atoms with Crippen molar-refractivity contribution in [1.29, 1.82) is 0 Å². The number of carbonyl (C=O) groups excluding carboxylic acids is 2. The average molecular weight is 409 g/mol. The van der Waals surface area contributed by atoms with Crippen molar-refractivity contribution in [1.82, 2.24) is 0 Å². The molecule has 1 atom stereocenters. The first-order chi connectivity index (χ1) is 14.4. The Morgan fingerprint density at radius 2 is 1.80 bits per heavy atom. The predicted octanol–water partition coefficient (Wildman–Crippen LogP) is 3.06. The molecule has 30 heavy (non-hydrogen) atoms. The molecular weight excluding hydrogens is 390 g/mol. The molecule has 4 rings (SSSR count).